The van der Waals surface area contributed by atoms with Gasteiger partial charge >= 0.3 is 0 Å². The Labute approximate surface area is 97.5 Å². The van der Waals surface area contributed by atoms with Crippen molar-refractivity contribution < 1.29 is 4.79 Å². The second kappa shape index (κ2) is 5.15. The maximum absolute atomic E-state index is 11.1. The summed E-state index contributed by atoms with van der Waals surface area (Å²) in [7, 11) is 0. The molecular formula is C12H23N3O. The predicted molar refractivity (Wildman–Crippen MR) is 63.4 cm³/mol. The van der Waals surface area contributed by atoms with Gasteiger partial charge in [0.2, 0.25) is 5.91 Å². The number of fused-ring (bicyclic) bond motifs is 1. The Morgan fingerprint density at radius 3 is 2.62 bits per heavy atom. The zero-order valence-electron chi connectivity index (χ0n) is 10.1. The van der Waals surface area contributed by atoms with Crippen LogP contribution in [0.4, 0.5) is 0 Å². The van der Waals surface area contributed by atoms with Gasteiger partial charge < -0.3 is 4.90 Å². The van der Waals surface area contributed by atoms with E-state index in [1.807, 2.05) is 0 Å². The summed E-state index contributed by atoms with van der Waals surface area (Å²) in [5.74, 6) is 6.90. The Morgan fingerprint density at radius 2 is 2.06 bits per heavy atom. The Balaban J connectivity index is 1.74. The van der Waals surface area contributed by atoms with Crippen molar-refractivity contribution in [1.82, 2.24) is 10.3 Å². The molecule has 1 saturated carbocycles. The molecule has 3 atom stereocenters. The maximum Gasteiger partial charge on any atom is 0.233 e. The molecule has 0 aromatic rings. The summed E-state index contributed by atoms with van der Waals surface area (Å²) in [5.41, 5.74) is 2.19. The summed E-state index contributed by atoms with van der Waals surface area (Å²) < 4.78 is 0. The molecule has 1 saturated heterocycles. The topological polar surface area (TPSA) is 58.4 Å². The van der Waals surface area contributed by atoms with E-state index in [0.29, 0.717) is 12.5 Å². The third-order valence-electron chi connectivity index (χ3n) is 4.33. The lowest BCUT2D eigenvalue weighted by Gasteiger charge is -2.24. The molecule has 3 N–H and O–H groups in total. The van der Waals surface area contributed by atoms with Crippen LogP contribution in [0.25, 0.3) is 0 Å². The molecular weight excluding hydrogens is 202 g/mol. The highest BCUT2D eigenvalue weighted by Gasteiger charge is 2.37. The van der Waals surface area contributed by atoms with E-state index in [4.69, 9.17) is 5.84 Å². The maximum atomic E-state index is 11.1. The zero-order valence-corrected chi connectivity index (χ0v) is 10.1. The number of carbonyl (C=O) groups is 1. The summed E-state index contributed by atoms with van der Waals surface area (Å²) in [6, 6.07) is 0.517. The van der Waals surface area contributed by atoms with E-state index in [9.17, 15) is 4.79 Å². The molecule has 0 spiro atoms. The molecule has 0 bridgehead atoms. The summed E-state index contributed by atoms with van der Waals surface area (Å²) in [5, 5.41) is 0. The van der Waals surface area contributed by atoms with Gasteiger partial charge in [-0.15, -0.1) is 0 Å². The van der Waals surface area contributed by atoms with Gasteiger partial charge in [0.1, 0.15) is 0 Å². The average Bonchev–Trinajstić information content (AvgIpc) is 2.85. The van der Waals surface area contributed by atoms with Crippen LogP contribution in [0.2, 0.25) is 0 Å². The van der Waals surface area contributed by atoms with Crippen molar-refractivity contribution in [3.8, 4) is 0 Å². The molecule has 0 aromatic carbocycles. The van der Waals surface area contributed by atoms with Gasteiger partial charge in [0, 0.05) is 25.6 Å². The number of hydrogen-bond acceptors (Lipinski definition) is 3. The molecule has 0 radical (unpaired) electrons. The first-order chi connectivity index (χ1) is 7.70. The van der Waals surface area contributed by atoms with E-state index in [1.54, 1.807) is 0 Å². The van der Waals surface area contributed by atoms with Crippen molar-refractivity contribution in [1.29, 1.82) is 0 Å². The molecule has 1 heterocycles. The molecule has 1 aliphatic carbocycles. The number of amides is 1. The molecule has 2 fully saturated rings. The first kappa shape index (κ1) is 11.9. The lowest BCUT2D eigenvalue weighted by molar-refractivity contribution is -0.121. The van der Waals surface area contributed by atoms with Gasteiger partial charge in [0.05, 0.1) is 0 Å². The second-order valence-corrected chi connectivity index (χ2v) is 5.36. The number of hydrogen-bond donors (Lipinski definition) is 2. The van der Waals surface area contributed by atoms with Gasteiger partial charge in [0.25, 0.3) is 0 Å². The van der Waals surface area contributed by atoms with Crippen LogP contribution in [-0.2, 0) is 4.79 Å². The summed E-state index contributed by atoms with van der Waals surface area (Å²) in [6.07, 6.45) is 5.72. The number of carbonyl (C=O) groups excluding carboxylic acids is 1. The van der Waals surface area contributed by atoms with E-state index < -0.39 is 0 Å². The summed E-state index contributed by atoms with van der Waals surface area (Å²) in [6.45, 7) is 4.72. The van der Waals surface area contributed by atoms with Crippen LogP contribution in [0.15, 0.2) is 0 Å². The number of nitrogens with two attached hydrogens (primary N) is 1. The van der Waals surface area contributed by atoms with Crippen LogP contribution < -0.4 is 11.3 Å². The Morgan fingerprint density at radius 1 is 1.44 bits per heavy atom. The third-order valence-corrected chi connectivity index (χ3v) is 4.33. The van der Waals surface area contributed by atoms with Crippen LogP contribution in [0, 0.1) is 11.8 Å². The molecule has 3 unspecified atom stereocenters. The second-order valence-electron chi connectivity index (χ2n) is 5.36. The minimum absolute atomic E-state index is 0.0498. The first-order valence-corrected chi connectivity index (χ1v) is 6.44. The minimum atomic E-state index is -0.0498. The molecule has 4 heteroatoms. The highest BCUT2D eigenvalue weighted by molar-refractivity contribution is 5.75. The van der Waals surface area contributed by atoms with Crippen LogP contribution in [-0.4, -0.2) is 29.9 Å². The molecule has 1 amide bonds. The number of nitrogens with one attached hydrogen (secondary N) is 1. The Hall–Kier alpha value is -0.610. The molecule has 2 rings (SSSR count). The SMILES string of the molecule is CC(CCC(=O)NN)N1CC2CCCC2C1. The van der Waals surface area contributed by atoms with Crippen molar-refractivity contribution in [3.63, 3.8) is 0 Å². The van der Waals surface area contributed by atoms with Crippen molar-refractivity contribution in [3.05, 3.63) is 0 Å². The highest BCUT2D eigenvalue weighted by atomic mass is 16.2. The van der Waals surface area contributed by atoms with Crippen LogP contribution >= 0.6 is 0 Å². The molecule has 2 aliphatic rings. The third kappa shape index (κ3) is 2.55. The lowest BCUT2D eigenvalue weighted by Crippen LogP contribution is -2.35. The number of likely N-dealkylation sites (tertiary alicyclic amines) is 1. The number of rotatable bonds is 4. The number of nitrogens with zero attached hydrogens (tertiary/aromatic N) is 1. The van der Waals surface area contributed by atoms with Crippen molar-refractivity contribution in [2.24, 2.45) is 17.7 Å². The highest BCUT2D eigenvalue weighted by Crippen LogP contribution is 2.38. The monoisotopic (exact) mass is 225 g/mol. The zero-order chi connectivity index (χ0) is 11.5. The average molecular weight is 225 g/mol. The molecule has 4 nitrogen and oxygen atoms in total. The molecule has 92 valence electrons. The molecule has 0 aromatic heterocycles. The minimum Gasteiger partial charge on any atom is -0.300 e. The summed E-state index contributed by atoms with van der Waals surface area (Å²) in [4.78, 5) is 13.6. The van der Waals surface area contributed by atoms with Gasteiger partial charge in [-0.25, -0.2) is 5.84 Å². The van der Waals surface area contributed by atoms with Gasteiger partial charge in [-0.3, -0.25) is 10.2 Å². The largest absolute Gasteiger partial charge is 0.300 e. The quantitative estimate of drug-likeness (QED) is 0.424. The molecule has 1 aliphatic heterocycles. The summed E-state index contributed by atoms with van der Waals surface area (Å²) >= 11 is 0. The normalized spacial score (nSPS) is 31.4. The fraction of sp³-hybridized carbons (Fsp3) is 0.917. The van der Waals surface area contributed by atoms with E-state index in [-0.39, 0.29) is 5.91 Å². The fourth-order valence-corrected chi connectivity index (χ4v) is 3.23. The van der Waals surface area contributed by atoms with E-state index in [1.165, 1.54) is 32.4 Å². The van der Waals surface area contributed by atoms with Crippen LogP contribution in [0.5, 0.6) is 0 Å². The standard InChI is InChI=1S/C12H23N3O/c1-9(5-6-12(16)14-13)15-7-10-3-2-4-11(10)8-15/h9-11H,2-8,13H2,1H3,(H,14,16). The van der Waals surface area contributed by atoms with Crippen molar-refractivity contribution in [2.45, 2.75) is 45.1 Å². The van der Waals surface area contributed by atoms with Crippen LogP contribution in [0.1, 0.15) is 39.0 Å². The van der Waals surface area contributed by atoms with Crippen molar-refractivity contribution >= 4 is 5.91 Å². The van der Waals surface area contributed by atoms with Gasteiger partial charge in [-0.2, -0.15) is 0 Å². The lowest BCUT2D eigenvalue weighted by atomic mass is 10.0. The predicted octanol–water partition coefficient (Wildman–Crippen LogP) is 0.877. The Kier molecular flexibility index (Phi) is 3.82. The van der Waals surface area contributed by atoms with E-state index in [0.717, 1.165) is 18.3 Å². The van der Waals surface area contributed by atoms with Gasteiger partial charge in [-0.05, 0) is 38.0 Å². The van der Waals surface area contributed by atoms with Gasteiger partial charge in [-0.1, -0.05) is 6.42 Å². The van der Waals surface area contributed by atoms with E-state index >= 15 is 0 Å². The number of hydrazine groups is 1. The first-order valence-electron chi connectivity index (χ1n) is 6.44. The Bertz CT molecular complexity index is 245. The van der Waals surface area contributed by atoms with E-state index in [2.05, 4.69) is 17.2 Å². The fourth-order valence-electron chi connectivity index (χ4n) is 3.23. The van der Waals surface area contributed by atoms with Crippen molar-refractivity contribution in [2.75, 3.05) is 13.1 Å². The van der Waals surface area contributed by atoms with Crippen LogP contribution in [0.3, 0.4) is 0 Å². The van der Waals surface area contributed by atoms with Gasteiger partial charge in [0.15, 0.2) is 0 Å². The smallest absolute Gasteiger partial charge is 0.233 e. The molecule has 16 heavy (non-hydrogen) atoms.